The van der Waals surface area contributed by atoms with Crippen molar-refractivity contribution in [2.24, 2.45) is 0 Å². The second-order valence-corrected chi connectivity index (χ2v) is 4.18. The van der Waals surface area contributed by atoms with Crippen LogP contribution < -0.4 is 5.69 Å². The number of aromatic amines is 1. The third-order valence-corrected chi connectivity index (χ3v) is 2.90. The molecule has 0 spiro atoms. The van der Waals surface area contributed by atoms with Gasteiger partial charge in [-0.15, -0.1) is 0 Å². The number of benzene rings is 1. The zero-order valence-electron chi connectivity index (χ0n) is 9.98. The monoisotopic (exact) mass is 279 g/mol. The molecule has 7 heteroatoms. The molecule has 0 amide bonds. The van der Waals surface area contributed by atoms with Crippen molar-refractivity contribution in [3.63, 3.8) is 0 Å². The van der Waals surface area contributed by atoms with E-state index in [0.29, 0.717) is 16.9 Å². The van der Waals surface area contributed by atoms with Crippen LogP contribution in [0.15, 0.2) is 47.4 Å². The average molecular weight is 279 g/mol. The molecule has 3 rings (SSSR count). The van der Waals surface area contributed by atoms with Crippen molar-refractivity contribution in [3.05, 3.63) is 58.6 Å². The molecule has 3 aromatic rings. The fourth-order valence-electron chi connectivity index (χ4n) is 1.98. The van der Waals surface area contributed by atoms with E-state index in [1.165, 1.54) is 22.9 Å². The van der Waals surface area contributed by atoms with Crippen molar-refractivity contribution in [2.45, 2.75) is 6.18 Å². The Labute approximate surface area is 110 Å². The number of alkyl halides is 3. The number of nitrogens with zero attached hydrogens (tertiary/aromatic N) is 2. The summed E-state index contributed by atoms with van der Waals surface area (Å²) in [4.78, 5) is 18.5. The highest BCUT2D eigenvalue weighted by Crippen LogP contribution is 2.29. The molecule has 0 aliphatic rings. The van der Waals surface area contributed by atoms with Gasteiger partial charge >= 0.3 is 11.9 Å². The first-order valence-electron chi connectivity index (χ1n) is 5.70. The largest absolute Gasteiger partial charge is 0.416 e. The van der Waals surface area contributed by atoms with Crippen LogP contribution in [0.5, 0.6) is 0 Å². The first-order valence-corrected chi connectivity index (χ1v) is 5.70. The van der Waals surface area contributed by atoms with Crippen molar-refractivity contribution < 1.29 is 13.2 Å². The Morgan fingerprint density at radius 2 is 1.80 bits per heavy atom. The maximum absolute atomic E-state index is 12.5. The molecule has 0 fully saturated rings. The maximum Gasteiger partial charge on any atom is 0.416 e. The van der Waals surface area contributed by atoms with E-state index >= 15 is 0 Å². The molecule has 0 aliphatic carbocycles. The molecule has 0 atom stereocenters. The van der Waals surface area contributed by atoms with Crippen LogP contribution in [-0.4, -0.2) is 14.5 Å². The second kappa shape index (κ2) is 4.22. The summed E-state index contributed by atoms with van der Waals surface area (Å²) in [6.45, 7) is 0. The molecule has 2 aromatic heterocycles. The number of hydrogen-bond acceptors (Lipinski definition) is 2. The standard InChI is InChI=1S/C13H8F3N3O/c14-13(15,16)8-3-5-9(6-4-8)19-11-10(18-12(19)20)2-1-7-17-11/h1-7H,(H,18,20). The summed E-state index contributed by atoms with van der Waals surface area (Å²) in [6, 6.07) is 7.69. The summed E-state index contributed by atoms with van der Waals surface area (Å²) < 4.78 is 38.8. The molecule has 0 unspecified atom stereocenters. The average Bonchev–Trinajstić information content (AvgIpc) is 2.73. The van der Waals surface area contributed by atoms with Gasteiger partial charge in [-0.25, -0.2) is 14.3 Å². The van der Waals surface area contributed by atoms with Gasteiger partial charge in [0.15, 0.2) is 5.65 Å². The maximum atomic E-state index is 12.5. The van der Waals surface area contributed by atoms with Gasteiger partial charge in [-0.1, -0.05) is 0 Å². The quantitative estimate of drug-likeness (QED) is 0.744. The number of hydrogen-bond donors (Lipinski definition) is 1. The molecule has 0 saturated heterocycles. The summed E-state index contributed by atoms with van der Waals surface area (Å²) in [5, 5.41) is 0. The molecule has 1 aromatic carbocycles. The SMILES string of the molecule is O=c1[nH]c2cccnc2n1-c1ccc(C(F)(F)F)cc1. The summed E-state index contributed by atoms with van der Waals surface area (Å²) >= 11 is 0. The molecule has 0 saturated carbocycles. The number of nitrogens with one attached hydrogen (secondary N) is 1. The number of halogens is 3. The summed E-state index contributed by atoms with van der Waals surface area (Å²) in [5.41, 5.74) is 0.0168. The van der Waals surface area contributed by atoms with E-state index < -0.39 is 17.4 Å². The molecule has 4 nitrogen and oxygen atoms in total. The van der Waals surface area contributed by atoms with Gasteiger partial charge in [0.2, 0.25) is 0 Å². The van der Waals surface area contributed by atoms with E-state index in [0.717, 1.165) is 12.1 Å². The first-order chi connectivity index (χ1) is 9.47. The minimum Gasteiger partial charge on any atom is -0.304 e. The Hall–Kier alpha value is -2.57. The molecule has 20 heavy (non-hydrogen) atoms. The van der Waals surface area contributed by atoms with E-state index in [2.05, 4.69) is 9.97 Å². The Morgan fingerprint density at radius 3 is 2.45 bits per heavy atom. The van der Waals surface area contributed by atoms with Crippen LogP contribution in [0.1, 0.15) is 5.56 Å². The molecule has 102 valence electrons. The summed E-state index contributed by atoms with van der Waals surface area (Å²) in [6.07, 6.45) is -2.89. The molecular formula is C13H8F3N3O. The fraction of sp³-hybridized carbons (Fsp3) is 0.0769. The van der Waals surface area contributed by atoms with Crippen LogP contribution in [0, 0.1) is 0 Å². The lowest BCUT2D eigenvalue weighted by Crippen LogP contribution is -2.15. The van der Waals surface area contributed by atoms with E-state index in [1.54, 1.807) is 12.1 Å². The summed E-state index contributed by atoms with van der Waals surface area (Å²) in [7, 11) is 0. The van der Waals surface area contributed by atoms with Crippen molar-refractivity contribution in [1.82, 2.24) is 14.5 Å². The van der Waals surface area contributed by atoms with E-state index in [4.69, 9.17) is 0 Å². The third-order valence-electron chi connectivity index (χ3n) is 2.90. The molecule has 0 radical (unpaired) electrons. The highest BCUT2D eigenvalue weighted by atomic mass is 19.4. The Morgan fingerprint density at radius 1 is 1.10 bits per heavy atom. The van der Waals surface area contributed by atoms with Crippen LogP contribution in [0.25, 0.3) is 16.9 Å². The Balaban J connectivity index is 2.17. The lowest BCUT2D eigenvalue weighted by Gasteiger charge is -2.07. The van der Waals surface area contributed by atoms with Crippen molar-refractivity contribution in [2.75, 3.05) is 0 Å². The van der Waals surface area contributed by atoms with E-state index in [9.17, 15) is 18.0 Å². The number of fused-ring (bicyclic) bond motifs is 1. The Bertz CT molecular complexity index is 815. The number of pyridine rings is 1. The minimum absolute atomic E-state index is 0.327. The predicted molar refractivity (Wildman–Crippen MR) is 66.7 cm³/mol. The van der Waals surface area contributed by atoms with Crippen LogP contribution in [0.4, 0.5) is 13.2 Å². The van der Waals surface area contributed by atoms with E-state index in [-0.39, 0.29) is 0 Å². The van der Waals surface area contributed by atoms with Gasteiger partial charge in [-0.3, -0.25) is 0 Å². The third kappa shape index (κ3) is 1.97. The van der Waals surface area contributed by atoms with Crippen LogP contribution in [-0.2, 0) is 6.18 Å². The van der Waals surface area contributed by atoms with Gasteiger partial charge in [0.1, 0.15) is 0 Å². The smallest absolute Gasteiger partial charge is 0.304 e. The minimum atomic E-state index is -4.40. The predicted octanol–water partition coefficient (Wildman–Crippen LogP) is 2.73. The number of rotatable bonds is 1. The van der Waals surface area contributed by atoms with Crippen molar-refractivity contribution in [3.8, 4) is 5.69 Å². The number of H-pyrrole nitrogens is 1. The molecule has 0 aliphatic heterocycles. The number of aromatic nitrogens is 3. The lowest BCUT2D eigenvalue weighted by atomic mass is 10.2. The van der Waals surface area contributed by atoms with Crippen LogP contribution in [0.2, 0.25) is 0 Å². The zero-order valence-corrected chi connectivity index (χ0v) is 9.98. The molecule has 2 heterocycles. The van der Waals surface area contributed by atoms with Gasteiger partial charge in [0.25, 0.3) is 0 Å². The van der Waals surface area contributed by atoms with Gasteiger partial charge in [0, 0.05) is 6.20 Å². The number of imidazole rings is 1. The molecule has 0 bridgehead atoms. The van der Waals surface area contributed by atoms with Crippen molar-refractivity contribution in [1.29, 1.82) is 0 Å². The zero-order chi connectivity index (χ0) is 14.3. The second-order valence-electron chi connectivity index (χ2n) is 4.18. The van der Waals surface area contributed by atoms with Gasteiger partial charge in [-0.05, 0) is 36.4 Å². The molecular weight excluding hydrogens is 271 g/mol. The van der Waals surface area contributed by atoms with Crippen molar-refractivity contribution >= 4 is 11.2 Å². The lowest BCUT2D eigenvalue weighted by molar-refractivity contribution is -0.137. The normalized spacial score (nSPS) is 11.9. The summed E-state index contributed by atoms with van der Waals surface area (Å²) in [5.74, 6) is 0. The highest BCUT2D eigenvalue weighted by Gasteiger charge is 2.30. The van der Waals surface area contributed by atoms with Gasteiger partial charge < -0.3 is 4.98 Å². The first kappa shape index (κ1) is 12.5. The van der Waals surface area contributed by atoms with Gasteiger partial charge in [0.05, 0.1) is 16.8 Å². The molecule has 1 N–H and O–H groups in total. The topological polar surface area (TPSA) is 50.7 Å². The van der Waals surface area contributed by atoms with Gasteiger partial charge in [-0.2, -0.15) is 13.2 Å². The van der Waals surface area contributed by atoms with Crippen LogP contribution in [0.3, 0.4) is 0 Å². The Kier molecular flexibility index (Phi) is 2.63. The van der Waals surface area contributed by atoms with Crippen LogP contribution >= 0.6 is 0 Å². The van der Waals surface area contributed by atoms with E-state index in [1.807, 2.05) is 0 Å². The fourth-order valence-corrected chi connectivity index (χ4v) is 1.98. The highest BCUT2D eigenvalue weighted by molar-refractivity contribution is 5.72.